The minimum atomic E-state index is -0.325. The zero-order valence-electron chi connectivity index (χ0n) is 18.1. The van der Waals surface area contributed by atoms with Crippen molar-refractivity contribution in [1.29, 1.82) is 0 Å². The molecule has 2 aromatic carbocycles. The van der Waals surface area contributed by atoms with Gasteiger partial charge in [-0.3, -0.25) is 9.59 Å². The first-order valence-electron chi connectivity index (χ1n) is 10.2. The van der Waals surface area contributed by atoms with Crippen LogP contribution in [0.1, 0.15) is 27.2 Å². The van der Waals surface area contributed by atoms with Gasteiger partial charge in [0, 0.05) is 17.0 Å². The number of ether oxygens (including phenoxy) is 2. The second-order valence-corrected chi connectivity index (χ2v) is 7.92. The van der Waals surface area contributed by atoms with E-state index in [9.17, 15) is 9.59 Å². The summed E-state index contributed by atoms with van der Waals surface area (Å²) in [5, 5.41) is 7.56. The average Bonchev–Trinajstić information content (AvgIpc) is 3.34. The number of methoxy groups -OCH3 is 2. The number of aryl methyl sites for hydroxylation is 1. The molecule has 0 atom stereocenters. The molecule has 1 heterocycles. The predicted molar refractivity (Wildman–Crippen MR) is 127 cm³/mol. The van der Waals surface area contributed by atoms with Crippen LogP contribution < -0.4 is 20.1 Å². The van der Waals surface area contributed by atoms with E-state index in [2.05, 4.69) is 10.6 Å². The van der Waals surface area contributed by atoms with Crippen LogP contribution in [0.5, 0.6) is 11.5 Å². The van der Waals surface area contributed by atoms with Gasteiger partial charge >= 0.3 is 0 Å². The molecule has 0 radical (unpaired) electrons. The van der Waals surface area contributed by atoms with Crippen molar-refractivity contribution in [3.05, 3.63) is 87.7 Å². The maximum absolute atomic E-state index is 12.8. The van der Waals surface area contributed by atoms with Crippen LogP contribution in [0.4, 0.5) is 0 Å². The number of amides is 2. The SMILES string of the molecule is COc1ccc(CCCNC(=O)/C(=C/c2cccs2)NC(=O)c2ccccc2)cc1OC. The van der Waals surface area contributed by atoms with Crippen LogP contribution in [-0.2, 0) is 11.2 Å². The molecule has 0 fully saturated rings. The summed E-state index contributed by atoms with van der Waals surface area (Å²) in [6.45, 7) is 0.468. The van der Waals surface area contributed by atoms with Gasteiger partial charge in [0.25, 0.3) is 11.8 Å². The van der Waals surface area contributed by atoms with E-state index in [1.807, 2.05) is 41.8 Å². The Hall–Kier alpha value is -3.58. The van der Waals surface area contributed by atoms with E-state index < -0.39 is 0 Å². The molecular weight excluding hydrogens is 424 g/mol. The van der Waals surface area contributed by atoms with Crippen LogP contribution in [0, 0.1) is 0 Å². The van der Waals surface area contributed by atoms with Gasteiger partial charge in [-0.15, -0.1) is 11.3 Å². The summed E-state index contributed by atoms with van der Waals surface area (Å²) >= 11 is 1.49. The Balaban J connectivity index is 1.60. The third kappa shape index (κ3) is 6.46. The molecular formula is C25H26N2O4S. The molecule has 3 rings (SSSR count). The highest BCUT2D eigenvalue weighted by atomic mass is 32.1. The lowest BCUT2D eigenvalue weighted by atomic mass is 10.1. The quantitative estimate of drug-likeness (QED) is 0.357. The van der Waals surface area contributed by atoms with Gasteiger partial charge in [-0.05, 0) is 60.2 Å². The van der Waals surface area contributed by atoms with Gasteiger partial charge in [-0.25, -0.2) is 0 Å². The van der Waals surface area contributed by atoms with Crippen LogP contribution in [0.25, 0.3) is 6.08 Å². The van der Waals surface area contributed by atoms with E-state index in [0.717, 1.165) is 23.3 Å². The summed E-state index contributed by atoms with van der Waals surface area (Å²) in [6.07, 6.45) is 3.19. The van der Waals surface area contributed by atoms with Crippen molar-refractivity contribution in [1.82, 2.24) is 10.6 Å². The van der Waals surface area contributed by atoms with Crippen molar-refractivity contribution in [2.75, 3.05) is 20.8 Å². The number of carbonyl (C=O) groups excluding carboxylic acids is 2. The first kappa shape index (κ1) is 23.1. The molecule has 3 aromatic rings. The molecule has 0 aliphatic rings. The molecule has 0 aliphatic heterocycles. The number of rotatable bonds is 10. The maximum Gasteiger partial charge on any atom is 0.267 e. The van der Waals surface area contributed by atoms with Gasteiger partial charge in [0.05, 0.1) is 14.2 Å². The summed E-state index contributed by atoms with van der Waals surface area (Å²) in [4.78, 5) is 26.3. The van der Waals surface area contributed by atoms with E-state index in [1.165, 1.54) is 11.3 Å². The van der Waals surface area contributed by atoms with Gasteiger partial charge in [0.15, 0.2) is 11.5 Å². The molecule has 6 nitrogen and oxygen atoms in total. The summed E-state index contributed by atoms with van der Waals surface area (Å²) < 4.78 is 10.6. The van der Waals surface area contributed by atoms with Crippen molar-refractivity contribution < 1.29 is 19.1 Å². The molecule has 166 valence electrons. The lowest BCUT2D eigenvalue weighted by Crippen LogP contribution is -2.35. The first-order valence-corrected chi connectivity index (χ1v) is 11.1. The Labute approximate surface area is 191 Å². The molecule has 1 aromatic heterocycles. The summed E-state index contributed by atoms with van der Waals surface area (Å²) in [7, 11) is 3.21. The Kier molecular flexibility index (Phi) is 8.45. The minimum Gasteiger partial charge on any atom is -0.493 e. The lowest BCUT2D eigenvalue weighted by molar-refractivity contribution is -0.117. The zero-order chi connectivity index (χ0) is 22.8. The van der Waals surface area contributed by atoms with Gasteiger partial charge in [-0.1, -0.05) is 30.3 Å². The van der Waals surface area contributed by atoms with Crippen LogP contribution in [0.3, 0.4) is 0 Å². The largest absolute Gasteiger partial charge is 0.493 e. The van der Waals surface area contributed by atoms with Crippen molar-refractivity contribution in [3.8, 4) is 11.5 Å². The van der Waals surface area contributed by atoms with E-state index in [4.69, 9.17) is 9.47 Å². The Morgan fingerprint density at radius 3 is 2.44 bits per heavy atom. The lowest BCUT2D eigenvalue weighted by Gasteiger charge is -2.12. The third-order valence-electron chi connectivity index (χ3n) is 4.73. The first-order chi connectivity index (χ1) is 15.6. The molecule has 7 heteroatoms. The van der Waals surface area contributed by atoms with Crippen LogP contribution in [0.2, 0.25) is 0 Å². The fraction of sp³-hybridized carbons (Fsp3) is 0.200. The van der Waals surface area contributed by atoms with Crippen LogP contribution in [0.15, 0.2) is 71.7 Å². The summed E-state index contributed by atoms with van der Waals surface area (Å²) in [5.74, 6) is 0.713. The highest BCUT2D eigenvalue weighted by Crippen LogP contribution is 2.27. The number of hydrogen-bond acceptors (Lipinski definition) is 5. The number of benzene rings is 2. The summed E-state index contributed by atoms with van der Waals surface area (Å²) in [6, 6.07) is 18.4. The van der Waals surface area contributed by atoms with Crippen molar-refractivity contribution in [2.24, 2.45) is 0 Å². The van der Waals surface area contributed by atoms with Crippen molar-refractivity contribution in [3.63, 3.8) is 0 Å². The zero-order valence-corrected chi connectivity index (χ0v) is 18.9. The molecule has 0 spiro atoms. The topological polar surface area (TPSA) is 76.7 Å². The highest BCUT2D eigenvalue weighted by Gasteiger charge is 2.14. The molecule has 2 amide bonds. The molecule has 0 aliphatic carbocycles. The van der Waals surface area contributed by atoms with E-state index >= 15 is 0 Å². The highest BCUT2D eigenvalue weighted by molar-refractivity contribution is 7.10. The second-order valence-electron chi connectivity index (χ2n) is 6.94. The minimum absolute atomic E-state index is 0.215. The second kappa shape index (κ2) is 11.7. The molecule has 0 bridgehead atoms. The molecule has 0 saturated carbocycles. The predicted octanol–water partition coefficient (Wildman–Crippen LogP) is 4.29. The average molecular weight is 451 g/mol. The number of carbonyl (C=O) groups is 2. The van der Waals surface area contributed by atoms with Crippen LogP contribution >= 0.6 is 11.3 Å². The maximum atomic E-state index is 12.8. The monoisotopic (exact) mass is 450 g/mol. The number of hydrogen-bond donors (Lipinski definition) is 2. The third-order valence-corrected chi connectivity index (χ3v) is 5.55. The number of nitrogens with one attached hydrogen (secondary N) is 2. The van der Waals surface area contributed by atoms with Crippen LogP contribution in [-0.4, -0.2) is 32.6 Å². The fourth-order valence-electron chi connectivity index (χ4n) is 3.08. The van der Waals surface area contributed by atoms with Crippen molar-refractivity contribution >= 4 is 29.2 Å². The fourth-order valence-corrected chi connectivity index (χ4v) is 3.74. The van der Waals surface area contributed by atoms with Gasteiger partial charge in [0.1, 0.15) is 5.70 Å². The van der Waals surface area contributed by atoms with Crippen molar-refractivity contribution in [2.45, 2.75) is 12.8 Å². The van der Waals surface area contributed by atoms with E-state index in [1.54, 1.807) is 44.6 Å². The van der Waals surface area contributed by atoms with Gasteiger partial charge < -0.3 is 20.1 Å². The molecule has 0 saturated heterocycles. The Morgan fingerprint density at radius 1 is 0.969 bits per heavy atom. The standard InChI is InChI=1S/C25H26N2O4S/c1-30-22-13-12-18(16-23(22)31-2)8-6-14-26-25(29)21(17-20-11-7-15-32-20)27-24(28)19-9-4-3-5-10-19/h3-5,7,9-13,15-17H,6,8,14H2,1-2H3,(H,26,29)(H,27,28)/b21-17-. The Morgan fingerprint density at radius 2 is 1.75 bits per heavy atom. The number of thiophene rings is 1. The normalized spacial score (nSPS) is 11.0. The van der Waals surface area contributed by atoms with E-state index in [-0.39, 0.29) is 17.5 Å². The Bertz CT molecular complexity index is 1060. The molecule has 0 unspecified atom stereocenters. The van der Waals surface area contributed by atoms with Gasteiger partial charge in [0.2, 0.25) is 0 Å². The smallest absolute Gasteiger partial charge is 0.267 e. The van der Waals surface area contributed by atoms with Gasteiger partial charge in [-0.2, -0.15) is 0 Å². The molecule has 32 heavy (non-hydrogen) atoms. The summed E-state index contributed by atoms with van der Waals surface area (Å²) in [5.41, 5.74) is 1.79. The molecule has 2 N–H and O–H groups in total. The van der Waals surface area contributed by atoms with E-state index in [0.29, 0.717) is 23.6 Å².